The average molecular weight is 298 g/mol. The van der Waals surface area contributed by atoms with E-state index in [2.05, 4.69) is 20.6 Å². The van der Waals surface area contributed by atoms with E-state index in [4.69, 9.17) is 15.6 Å². The molecule has 2 aliphatic heterocycles. The molecule has 21 heavy (non-hydrogen) atoms. The van der Waals surface area contributed by atoms with Gasteiger partial charge in [-0.3, -0.25) is 15.6 Å². The van der Waals surface area contributed by atoms with E-state index in [0.717, 1.165) is 0 Å². The van der Waals surface area contributed by atoms with Crippen LogP contribution in [0.25, 0.3) is 0 Å². The Morgan fingerprint density at radius 1 is 1.52 bits per heavy atom. The van der Waals surface area contributed by atoms with Crippen LogP contribution in [0.4, 0.5) is 5.82 Å². The van der Waals surface area contributed by atoms with Crippen LogP contribution in [-0.4, -0.2) is 63.2 Å². The summed E-state index contributed by atoms with van der Waals surface area (Å²) in [6.45, 7) is -0.391. The van der Waals surface area contributed by atoms with Crippen LogP contribution in [0.3, 0.4) is 0 Å². The van der Waals surface area contributed by atoms with E-state index in [0.29, 0.717) is 11.5 Å². The highest BCUT2D eigenvalue weighted by Crippen LogP contribution is 2.35. The molecule has 0 aliphatic carbocycles. The number of aliphatic imine (C=N–C) groups is 1. The van der Waals surface area contributed by atoms with Crippen molar-refractivity contribution in [2.24, 2.45) is 10.7 Å². The number of nitrogens with zero attached hydrogens (tertiary/aromatic N) is 3. The van der Waals surface area contributed by atoms with Crippen LogP contribution >= 0.6 is 0 Å². The van der Waals surface area contributed by atoms with Crippen molar-refractivity contribution in [3.05, 3.63) is 12.0 Å². The van der Waals surface area contributed by atoms with Gasteiger partial charge in [0.05, 0.1) is 19.3 Å². The topological polar surface area (TPSA) is 150 Å². The van der Waals surface area contributed by atoms with Gasteiger partial charge in [0.2, 0.25) is 5.79 Å². The van der Waals surface area contributed by atoms with Crippen LogP contribution < -0.4 is 16.4 Å². The Kier molecular flexibility index (Phi) is 3.43. The van der Waals surface area contributed by atoms with Crippen molar-refractivity contribution in [3.8, 4) is 0 Å². The summed E-state index contributed by atoms with van der Waals surface area (Å²) in [7, 11) is 1.65. The van der Waals surface area contributed by atoms with Gasteiger partial charge in [-0.05, 0) is 7.05 Å². The van der Waals surface area contributed by atoms with Crippen molar-refractivity contribution < 1.29 is 20.1 Å². The number of aliphatic hydroxyl groups is 3. The average Bonchev–Trinajstić information content (AvgIpc) is 3.03. The summed E-state index contributed by atoms with van der Waals surface area (Å²) in [4.78, 5) is 8.29. The van der Waals surface area contributed by atoms with E-state index in [1.165, 1.54) is 17.2 Å². The first-order valence-corrected chi connectivity index (χ1v) is 6.49. The zero-order chi connectivity index (χ0) is 15.2. The molecule has 10 heteroatoms. The van der Waals surface area contributed by atoms with Gasteiger partial charge in [0.15, 0.2) is 6.23 Å². The van der Waals surface area contributed by atoms with Gasteiger partial charge >= 0.3 is 0 Å². The van der Waals surface area contributed by atoms with Crippen LogP contribution in [0, 0.1) is 0 Å². The third-order valence-corrected chi connectivity index (χ3v) is 3.80. The number of ether oxygens (including phenoxy) is 1. The minimum absolute atomic E-state index is 0.391. The van der Waals surface area contributed by atoms with Gasteiger partial charge in [-0.15, -0.1) is 0 Å². The molecule has 0 aromatic carbocycles. The van der Waals surface area contributed by atoms with Crippen LogP contribution in [0.5, 0.6) is 0 Å². The molecule has 1 aromatic heterocycles. The van der Waals surface area contributed by atoms with Crippen molar-refractivity contribution in [2.45, 2.75) is 30.3 Å². The van der Waals surface area contributed by atoms with Gasteiger partial charge in [0.25, 0.3) is 0 Å². The highest BCUT2D eigenvalue weighted by Gasteiger charge is 2.45. The molecule has 0 radical (unpaired) electrons. The van der Waals surface area contributed by atoms with Gasteiger partial charge in [0, 0.05) is 0 Å². The maximum absolute atomic E-state index is 10.1. The second-order valence-electron chi connectivity index (χ2n) is 5.00. The largest absolute Gasteiger partial charge is 0.394 e. The van der Waals surface area contributed by atoms with Gasteiger partial charge in [-0.2, -0.15) is 0 Å². The van der Waals surface area contributed by atoms with E-state index in [9.17, 15) is 10.2 Å². The summed E-state index contributed by atoms with van der Waals surface area (Å²) < 4.78 is 6.99. The summed E-state index contributed by atoms with van der Waals surface area (Å²) in [6.07, 6.45) is -1.25. The first kappa shape index (κ1) is 14.4. The Labute approximate surface area is 120 Å². The summed E-state index contributed by atoms with van der Waals surface area (Å²) in [6, 6.07) is 0. The maximum Gasteiger partial charge on any atom is 0.211 e. The maximum atomic E-state index is 10.1. The predicted molar refractivity (Wildman–Crippen MR) is 72.3 cm³/mol. The number of rotatable bonds is 3. The highest BCUT2D eigenvalue weighted by molar-refractivity contribution is 5.78. The van der Waals surface area contributed by atoms with Crippen molar-refractivity contribution in [2.75, 3.05) is 19.0 Å². The van der Waals surface area contributed by atoms with E-state index in [1.54, 1.807) is 7.05 Å². The monoisotopic (exact) mass is 298 g/mol. The highest BCUT2D eigenvalue weighted by atomic mass is 16.6. The summed E-state index contributed by atoms with van der Waals surface area (Å²) in [5, 5.41) is 34.8. The van der Waals surface area contributed by atoms with Crippen LogP contribution in [-0.2, 0) is 10.5 Å². The van der Waals surface area contributed by atoms with Gasteiger partial charge in [-0.25, -0.2) is 9.98 Å². The SMILES string of the molecule is CNC1(N)N=CNc2c1ncn2[C@@H]1O[C@H](CO)[C@@H](O)[C@H]1O. The van der Waals surface area contributed by atoms with E-state index in [-0.39, 0.29) is 0 Å². The lowest BCUT2D eigenvalue weighted by Gasteiger charge is -2.28. The molecular weight excluding hydrogens is 280 g/mol. The summed E-state index contributed by atoms with van der Waals surface area (Å²) >= 11 is 0. The number of nitrogens with one attached hydrogen (secondary N) is 2. The standard InChI is InChI=1S/C11H18N6O4/c1-13-11(12)8-9(14-3-16-11)17(4-15-8)10-7(20)6(19)5(2-18)21-10/h3-7,10,13,18-20H,2,12H2,1H3,(H,14,16)/t5-,6-,7-,10-,11?/m1/s1. The molecule has 7 N–H and O–H groups in total. The van der Waals surface area contributed by atoms with Crippen molar-refractivity contribution in [1.29, 1.82) is 0 Å². The quantitative estimate of drug-likeness (QED) is 0.328. The Bertz CT molecular complexity index is 563. The number of aliphatic hydroxyl groups excluding tert-OH is 3. The smallest absolute Gasteiger partial charge is 0.211 e. The molecule has 1 fully saturated rings. The van der Waals surface area contributed by atoms with Gasteiger partial charge in [0.1, 0.15) is 29.8 Å². The fourth-order valence-corrected chi connectivity index (χ4v) is 2.53. The van der Waals surface area contributed by atoms with Crippen molar-refractivity contribution >= 4 is 12.2 Å². The Morgan fingerprint density at radius 3 is 2.90 bits per heavy atom. The molecule has 3 rings (SSSR count). The van der Waals surface area contributed by atoms with Gasteiger partial charge in [-0.1, -0.05) is 0 Å². The third-order valence-electron chi connectivity index (χ3n) is 3.80. The van der Waals surface area contributed by atoms with E-state index >= 15 is 0 Å². The van der Waals surface area contributed by atoms with E-state index < -0.39 is 36.9 Å². The molecule has 1 unspecified atom stereocenters. The lowest BCUT2D eigenvalue weighted by molar-refractivity contribution is -0.0518. The normalized spacial score (nSPS) is 38.3. The first-order chi connectivity index (χ1) is 10.0. The zero-order valence-electron chi connectivity index (χ0n) is 11.3. The summed E-state index contributed by atoms with van der Waals surface area (Å²) in [5.74, 6) is -0.679. The minimum atomic E-state index is -1.19. The Balaban J connectivity index is 1.96. The van der Waals surface area contributed by atoms with Crippen molar-refractivity contribution in [1.82, 2.24) is 14.9 Å². The van der Waals surface area contributed by atoms with Crippen LogP contribution in [0.2, 0.25) is 0 Å². The first-order valence-electron chi connectivity index (χ1n) is 6.49. The third kappa shape index (κ3) is 2.04. The van der Waals surface area contributed by atoms with Crippen molar-refractivity contribution in [3.63, 3.8) is 0 Å². The zero-order valence-corrected chi connectivity index (χ0v) is 11.3. The summed E-state index contributed by atoms with van der Waals surface area (Å²) in [5.41, 5.74) is 6.52. The molecule has 0 amide bonds. The van der Waals surface area contributed by atoms with Crippen LogP contribution in [0.15, 0.2) is 11.3 Å². The number of anilines is 1. The lowest BCUT2D eigenvalue weighted by Crippen LogP contribution is -2.49. The molecule has 3 heterocycles. The fourth-order valence-electron chi connectivity index (χ4n) is 2.53. The Hall–Kier alpha value is -1.56. The predicted octanol–water partition coefficient (Wildman–Crippen LogP) is -2.76. The molecular formula is C11H18N6O4. The van der Waals surface area contributed by atoms with Gasteiger partial charge < -0.3 is 25.4 Å². The molecule has 5 atom stereocenters. The molecule has 116 valence electrons. The number of nitrogens with two attached hydrogens (primary N) is 1. The Morgan fingerprint density at radius 2 is 2.29 bits per heavy atom. The molecule has 1 aromatic rings. The molecule has 0 spiro atoms. The number of hydrogen-bond donors (Lipinski definition) is 6. The molecule has 0 saturated carbocycles. The fraction of sp³-hybridized carbons (Fsp3) is 0.636. The molecule has 1 saturated heterocycles. The molecule has 10 nitrogen and oxygen atoms in total. The second kappa shape index (κ2) is 5.02. The number of aromatic nitrogens is 2. The molecule has 2 aliphatic rings. The molecule has 0 bridgehead atoms. The second-order valence-corrected chi connectivity index (χ2v) is 5.00. The minimum Gasteiger partial charge on any atom is -0.394 e. The van der Waals surface area contributed by atoms with E-state index in [1.807, 2.05) is 0 Å². The lowest BCUT2D eigenvalue weighted by atomic mass is 10.1. The number of imidazole rings is 1. The number of fused-ring (bicyclic) bond motifs is 1. The number of hydrogen-bond acceptors (Lipinski definition) is 9. The van der Waals surface area contributed by atoms with Crippen LogP contribution in [0.1, 0.15) is 11.9 Å².